The van der Waals surface area contributed by atoms with Crippen LogP contribution in [0.15, 0.2) is 5.17 Å². The van der Waals surface area contributed by atoms with E-state index >= 15 is 0 Å². The summed E-state index contributed by atoms with van der Waals surface area (Å²) in [7, 11) is 0. The Balaban J connectivity index is 3.51. The minimum absolute atomic E-state index is 0.0385. The van der Waals surface area contributed by atoms with Crippen LogP contribution in [0.1, 0.15) is 19.8 Å². The molecule has 0 saturated carbocycles. The lowest BCUT2D eigenvalue weighted by molar-refractivity contribution is -0.148. The standard InChI is InChI=1S/C9H13I3O3/c1-2-3-4-15-8(13)6-14-5-7(10)9(11)12/h2-6H2,1H3. The van der Waals surface area contributed by atoms with Gasteiger partial charge >= 0.3 is 5.97 Å². The number of halogens is 3. The Morgan fingerprint density at radius 3 is 2.40 bits per heavy atom. The molecule has 0 radical (unpaired) electrons. The van der Waals surface area contributed by atoms with Gasteiger partial charge in [-0.1, -0.05) is 13.3 Å². The number of unbranched alkanes of at least 4 members (excludes halogenated alkanes) is 1. The molecule has 0 bridgehead atoms. The Bertz CT molecular complexity index is 225. The highest BCUT2D eigenvalue weighted by atomic mass is 127. The molecule has 0 aliphatic carbocycles. The lowest BCUT2D eigenvalue weighted by Gasteiger charge is -2.05. The van der Waals surface area contributed by atoms with Crippen LogP contribution in [-0.4, -0.2) is 25.8 Å². The molecule has 3 nitrogen and oxygen atoms in total. The van der Waals surface area contributed by atoms with Crippen molar-refractivity contribution in [3.05, 3.63) is 5.17 Å². The molecule has 0 atom stereocenters. The van der Waals surface area contributed by atoms with Gasteiger partial charge in [0, 0.05) is 3.58 Å². The quantitative estimate of drug-likeness (QED) is 0.275. The topological polar surface area (TPSA) is 35.5 Å². The maximum Gasteiger partial charge on any atom is 0.332 e. The number of carbonyl (C=O) groups excluding carboxylic acids is 1. The summed E-state index contributed by atoms with van der Waals surface area (Å²) in [6.07, 6.45) is 1.94. The third-order valence-electron chi connectivity index (χ3n) is 1.41. The Hall–Kier alpha value is 1.36. The van der Waals surface area contributed by atoms with Crippen LogP contribution in [0, 0.1) is 0 Å². The van der Waals surface area contributed by atoms with Gasteiger partial charge in [-0.3, -0.25) is 0 Å². The highest BCUT2D eigenvalue weighted by Gasteiger charge is 2.04. The zero-order valence-electron chi connectivity index (χ0n) is 8.39. The summed E-state index contributed by atoms with van der Waals surface area (Å²) in [5, 5.41) is 0. The summed E-state index contributed by atoms with van der Waals surface area (Å²) in [4.78, 5) is 11.1. The second-order valence-electron chi connectivity index (χ2n) is 2.73. The van der Waals surface area contributed by atoms with Crippen molar-refractivity contribution in [2.45, 2.75) is 19.8 Å². The summed E-state index contributed by atoms with van der Waals surface area (Å²) < 4.78 is 12.4. The fourth-order valence-electron chi connectivity index (χ4n) is 0.651. The molecule has 0 unspecified atom stereocenters. The molecule has 0 aromatic rings. The first-order chi connectivity index (χ1) is 7.07. The molecule has 0 heterocycles. The molecule has 0 fully saturated rings. The Labute approximate surface area is 131 Å². The van der Waals surface area contributed by atoms with E-state index in [4.69, 9.17) is 9.47 Å². The fraction of sp³-hybridized carbons (Fsp3) is 0.667. The monoisotopic (exact) mass is 550 g/mol. The van der Waals surface area contributed by atoms with Gasteiger partial charge in [0.2, 0.25) is 0 Å². The van der Waals surface area contributed by atoms with Gasteiger partial charge in [0.25, 0.3) is 0 Å². The molecular weight excluding hydrogens is 537 g/mol. The molecule has 15 heavy (non-hydrogen) atoms. The van der Waals surface area contributed by atoms with Crippen molar-refractivity contribution < 1.29 is 14.3 Å². The highest BCUT2D eigenvalue weighted by Crippen LogP contribution is 2.25. The molecule has 0 N–H and O–H groups in total. The van der Waals surface area contributed by atoms with Gasteiger partial charge < -0.3 is 9.47 Å². The lowest BCUT2D eigenvalue weighted by atomic mass is 10.4. The van der Waals surface area contributed by atoms with Crippen LogP contribution >= 0.6 is 67.8 Å². The largest absolute Gasteiger partial charge is 0.464 e. The molecule has 0 saturated heterocycles. The van der Waals surface area contributed by atoms with Crippen LogP contribution < -0.4 is 0 Å². The summed E-state index contributed by atoms with van der Waals surface area (Å²) in [5.41, 5.74) is 0. The van der Waals surface area contributed by atoms with E-state index in [1.165, 1.54) is 0 Å². The first kappa shape index (κ1) is 16.4. The summed E-state index contributed by atoms with van der Waals surface area (Å²) in [5.74, 6) is -0.281. The normalized spacial score (nSPS) is 9.87. The predicted octanol–water partition coefficient (Wildman–Crippen LogP) is 3.82. The molecule has 0 amide bonds. The fourth-order valence-corrected chi connectivity index (χ4v) is 1.18. The van der Waals surface area contributed by atoms with E-state index in [-0.39, 0.29) is 12.6 Å². The van der Waals surface area contributed by atoms with E-state index in [2.05, 4.69) is 74.7 Å². The molecule has 0 aliphatic rings. The number of ether oxygens (including phenoxy) is 2. The average Bonchev–Trinajstić information content (AvgIpc) is 2.18. The molecule has 0 aliphatic heterocycles. The van der Waals surface area contributed by atoms with Crippen molar-refractivity contribution in [1.82, 2.24) is 0 Å². The number of hydrogen-bond donors (Lipinski definition) is 0. The zero-order valence-corrected chi connectivity index (χ0v) is 14.9. The number of hydrogen-bond acceptors (Lipinski definition) is 3. The molecule has 6 heteroatoms. The third kappa shape index (κ3) is 10.2. The van der Waals surface area contributed by atoms with Gasteiger partial charge in [0.1, 0.15) is 6.61 Å². The van der Waals surface area contributed by atoms with Crippen molar-refractivity contribution in [3.63, 3.8) is 0 Å². The van der Waals surface area contributed by atoms with Gasteiger partial charge in [0.05, 0.1) is 14.8 Å². The first-order valence-corrected chi connectivity index (χ1v) is 7.74. The molecule has 0 aromatic carbocycles. The SMILES string of the molecule is CCCCOC(=O)COCC(I)=C(I)I. The van der Waals surface area contributed by atoms with Gasteiger partial charge in [-0.2, -0.15) is 0 Å². The van der Waals surface area contributed by atoms with Crippen LogP contribution in [0.5, 0.6) is 0 Å². The van der Waals surface area contributed by atoms with E-state index in [0.717, 1.165) is 18.0 Å². The average molecular weight is 550 g/mol. The number of esters is 1. The van der Waals surface area contributed by atoms with E-state index in [0.29, 0.717) is 13.2 Å². The molecular formula is C9H13I3O3. The second-order valence-corrected chi connectivity index (χ2v) is 8.26. The summed E-state index contributed by atoms with van der Waals surface area (Å²) in [6, 6.07) is 0. The van der Waals surface area contributed by atoms with Crippen molar-refractivity contribution in [1.29, 1.82) is 0 Å². The highest BCUT2D eigenvalue weighted by molar-refractivity contribution is 14.2. The first-order valence-electron chi connectivity index (χ1n) is 4.51. The van der Waals surface area contributed by atoms with E-state index in [1.807, 2.05) is 0 Å². The third-order valence-corrected chi connectivity index (χ3v) is 5.63. The van der Waals surface area contributed by atoms with E-state index in [1.54, 1.807) is 0 Å². The van der Waals surface area contributed by atoms with Crippen molar-refractivity contribution in [3.8, 4) is 0 Å². The van der Waals surface area contributed by atoms with Crippen LogP contribution in [-0.2, 0) is 14.3 Å². The number of rotatable bonds is 7. The van der Waals surface area contributed by atoms with Crippen LogP contribution in [0.25, 0.3) is 0 Å². The summed E-state index contributed by atoms with van der Waals surface area (Å²) in [6.45, 7) is 3.07. The van der Waals surface area contributed by atoms with Gasteiger partial charge in [-0.05, 0) is 74.2 Å². The molecule has 0 spiro atoms. The summed E-state index contributed by atoms with van der Waals surface area (Å²) >= 11 is 6.63. The van der Waals surface area contributed by atoms with Gasteiger partial charge in [0.15, 0.2) is 0 Å². The van der Waals surface area contributed by atoms with Crippen LogP contribution in [0.2, 0.25) is 0 Å². The van der Waals surface area contributed by atoms with Crippen molar-refractivity contribution in [2.24, 2.45) is 0 Å². The molecule has 0 rings (SSSR count). The molecule has 0 aromatic heterocycles. The van der Waals surface area contributed by atoms with E-state index in [9.17, 15) is 4.79 Å². The Morgan fingerprint density at radius 1 is 1.20 bits per heavy atom. The minimum Gasteiger partial charge on any atom is -0.464 e. The van der Waals surface area contributed by atoms with E-state index < -0.39 is 0 Å². The maximum absolute atomic E-state index is 11.1. The van der Waals surface area contributed by atoms with Crippen LogP contribution in [0.4, 0.5) is 0 Å². The van der Waals surface area contributed by atoms with Gasteiger partial charge in [-0.15, -0.1) is 0 Å². The maximum atomic E-state index is 11.1. The Morgan fingerprint density at radius 2 is 1.87 bits per heavy atom. The Kier molecular flexibility index (Phi) is 11.5. The van der Waals surface area contributed by atoms with Crippen molar-refractivity contribution >= 4 is 73.7 Å². The smallest absolute Gasteiger partial charge is 0.332 e. The number of carbonyl (C=O) groups is 1. The minimum atomic E-state index is -0.281. The lowest BCUT2D eigenvalue weighted by Crippen LogP contribution is -2.13. The molecule has 88 valence electrons. The zero-order chi connectivity index (χ0) is 11.7. The van der Waals surface area contributed by atoms with Crippen molar-refractivity contribution in [2.75, 3.05) is 19.8 Å². The second kappa shape index (κ2) is 10.5. The van der Waals surface area contributed by atoms with Crippen LogP contribution in [0.3, 0.4) is 0 Å². The predicted molar refractivity (Wildman–Crippen MR) is 85.8 cm³/mol. The van der Waals surface area contributed by atoms with Gasteiger partial charge in [-0.25, -0.2) is 4.79 Å².